The molecule has 0 radical (unpaired) electrons. The Morgan fingerprint density at radius 2 is 1.81 bits per heavy atom. The molecule has 3 heterocycles. The lowest BCUT2D eigenvalue weighted by Crippen LogP contribution is -2.03. The van der Waals surface area contributed by atoms with E-state index in [-0.39, 0.29) is 5.78 Å². The van der Waals surface area contributed by atoms with Crippen molar-refractivity contribution in [2.24, 2.45) is 0 Å². The van der Waals surface area contributed by atoms with Crippen LogP contribution in [0.25, 0.3) is 27.8 Å². The summed E-state index contributed by atoms with van der Waals surface area (Å²) in [5.41, 5.74) is 4.37. The maximum Gasteiger partial charge on any atom is 0.206 e. The summed E-state index contributed by atoms with van der Waals surface area (Å²) in [7, 11) is 0. The Kier molecular flexibility index (Phi) is 4.94. The largest absolute Gasteiger partial charge is 0.360 e. The van der Waals surface area contributed by atoms with Gasteiger partial charge in [0.15, 0.2) is 0 Å². The van der Waals surface area contributed by atoms with Crippen molar-refractivity contribution in [3.8, 4) is 11.3 Å². The Hall–Kier alpha value is -3.96. The second kappa shape index (κ2) is 8.05. The Morgan fingerprint density at radius 1 is 1.00 bits per heavy atom. The highest BCUT2D eigenvalue weighted by Gasteiger charge is 2.18. The van der Waals surface area contributed by atoms with Crippen molar-refractivity contribution in [1.82, 2.24) is 14.4 Å². The number of ketones is 1. The molecule has 0 spiro atoms. The maximum absolute atomic E-state index is 13.2. The van der Waals surface area contributed by atoms with E-state index in [4.69, 9.17) is 11.6 Å². The maximum atomic E-state index is 13.2. The Morgan fingerprint density at radius 3 is 2.68 bits per heavy atom. The van der Waals surface area contributed by atoms with Crippen LogP contribution in [0.3, 0.4) is 0 Å². The van der Waals surface area contributed by atoms with Gasteiger partial charge in [-0.15, -0.1) is 0 Å². The molecule has 5 aromatic rings. The normalized spacial score (nSPS) is 11.4. The third-order valence-electron chi connectivity index (χ3n) is 4.96. The van der Waals surface area contributed by atoms with Crippen molar-refractivity contribution in [1.29, 1.82) is 0 Å². The summed E-state index contributed by atoms with van der Waals surface area (Å²) < 4.78 is 1.80. The number of aromatic nitrogens is 3. The fourth-order valence-corrected chi connectivity index (χ4v) is 3.61. The van der Waals surface area contributed by atoms with E-state index in [0.717, 1.165) is 22.2 Å². The molecule has 0 saturated carbocycles. The van der Waals surface area contributed by atoms with E-state index in [2.05, 4.69) is 15.3 Å². The van der Waals surface area contributed by atoms with Gasteiger partial charge in [0.1, 0.15) is 17.0 Å². The first-order valence-electron chi connectivity index (χ1n) is 9.74. The Balaban J connectivity index is 1.47. The molecular weight excluding hydrogens is 408 g/mol. The molecule has 3 aromatic heterocycles. The van der Waals surface area contributed by atoms with Gasteiger partial charge in [-0.05, 0) is 36.4 Å². The van der Waals surface area contributed by atoms with Gasteiger partial charge in [-0.1, -0.05) is 48.0 Å². The highest BCUT2D eigenvalue weighted by Crippen LogP contribution is 2.26. The second-order valence-corrected chi connectivity index (χ2v) is 7.44. The molecule has 0 aliphatic rings. The predicted molar refractivity (Wildman–Crippen MR) is 124 cm³/mol. The van der Waals surface area contributed by atoms with Gasteiger partial charge >= 0.3 is 0 Å². The molecule has 1 N–H and O–H groups in total. The SMILES string of the molecule is O=C(/C=C\Nc1cnc2ccccc2c1)c1c(-c2ccc(Cl)cc2)nc2ccccn12. The highest BCUT2D eigenvalue weighted by atomic mass is 35.5. The smallest absolute Gasteiger partial charge is 0.206 e. The average molecular weight is 425 g/mol. The number of para-hydroxylation sites is 1. The highest BCUT2D eigenvalue weighted by molar-refractivity contribution is 6.30. The number of carbonyl (C=O) groups excluding carboxylic acids is 1. The number of pyridine rings is 2. The van der Waals surface area contributed by atoms with Crippen LogP contribution in [0.5, 0.6) is 0 Å². The third-order valence-corrected chi connectivity index (χ3v) is 5.21. The van der Waals surface area contributed by atoms with Gasteiger partial charge in [-0.25, -0.2) is 4.98 Å². The van der Waals surface area contributed by atoms with Crippen molar-refractivity contribution in [2.75, 3.05) is 5.32 Å². The van der Waals surface area contributed by atoms with Gasteiger partial charge in [-0.2, -0.15) is 0 Å². The Labute approximate surface area is 183 Å². The van der Waals surface area contributed by atoms with Gasteiger partial charge in [0, 0.05) is 34.4 Å². The number of carbonyl (C=O) groups is 1. The zero-order chi connectivity index (χ0) is 21.2. The zero-order valence-electron chi connectivity index (χ0n) is 16.4. The number of benzene rings is 2. The van der Waals surface area contributed by atoms with E-state index in [1.54, 1.807) is 28.9 Å². The first-order valence-corrected chi connectivity index (χ1v) is 10.1. The first-order chi connectivity index (χ1) is 15.2. The van der Waals surface area contributed by atoms with Crippen LogP contribution in [-0.4, -0.2) is 20.2 Å². The first kappa shape index (κ1) is 19.0. The van der Waals surface area contributed by atoms with Gasteiger partial charge in [0.2, 0.25) is 5.78 Å². The van der Waals surface area contributed by atoms with Gasteiger partial charge in [0.05, 0.1) is 17.4 Å². The van der Waals surface area contributed by atoms with Gasteiger partial charge in [0.25, 0.3) is 0 Å². The number of hydrogen-bond acceptors (Lipinski definition) is 4. The molecule has 0 saturated heterocycles. The third kappa shape index (κ3) is 3.79. The number of nitrogens with zero attached hydrogens (tertiary/aromatic N) is 3. The molecule has 5 rings (SSSR count). The molecule has 0 aliphatic heterocycles. The standard InChI is InChI=1S/C25H17ClN4O/c26-19-10-8-17(9-11-19)24-25(30-14-4-3-7-23(30)29-24)22(31)12-13-27-20-15-18-5-1-2-6-21(18)28-16-20/h1-16,27H/b13-12-. The van der Waals surface area contributed by atoms with Crippen molar-refractivity contribution >= 4 is 39.6 Å². The minimum Gasteiger partial charge on any atom is -0.360 e. The number of fused-ring (bicyclic) bond motifs is 2. The lowest BCUT2D eigenvalue weighted by atomic mass is 10.1. The fraction of sp³-hybridized carbons (Fsp3) is 0. The topological polar surface area (TPSA) is 59.3 Å². The second-order valence-electron chi connectivity index (χ2n) is 7.00. The van der Waals surface area contributed by atoms with Crippen LogP contribution in [0.15, 0.2) is 97.5 Å². The molecule has 2 aromatic carbocycles. The van der Waals surface area contributed by atoms with Crippen LogP contribution in [0.4, 0.5) is 5.69 Å². The molecule has 0 fully saturated rings. The molecule has 31 heavy (non-hydrogen) atoms. The monoisotopic (exact) mass is 424 g/mol. The van der Waals surface area contributed by atoms with E-state index in [1.807, 2.05) is 66.9 Å². The van der Waals surface area contributed by atoms with Crippen molar-refractivity contribution < 1.29 is 4.79 Å². The molecule has 6 heteroatoms. The molecule has 0 bridgehead atoms. The summed E-state index contributed by atoms with van der Waals surface area (Å²) >= 11 is 6.03. The van der Waals surface area contributed by atoms with Gasteiger partial charge in [-0.3, -0.25) is 14.2 Å². The van der Waals surface area contributed by atoms with Crippen LogP contribution in [0.1, 0.15) is 10.5 Å². The van der Waals surface area contributed by atoms with Gasteiger partial charge < -0.3 is 5.32 Å². The quantitative estimate of drug-likeness (QED) is 0.277. The fourth-order valence-electron chi connectivity index (χ4n) is 3.48. The van der Waals surface area contributed by atoms with Crippen LogP contribution in [0, 0.1) is 0 Å². The van der Waals surface area contributed by atoms with Crippen LogP contribution in [0.2, 0.25) is 5.02 Å². The van der Waals surface area contributed by atoms with E-state index in [9.17, 15) is 4.79 Å². The van der Waals surface area contributed by atoms with Crippen LogP contribution in [-0.2, 0) is 0 Å². The van der Waals surface area contributed by atoms with Crippen molar-refractivity contribution in [2.45, 2.75) is 0 Å². The van der Waals surface area contributed by atoms with E-state index in [0.29, 0.717) is 22.1 Å². The number of rotatable bonds is 5. The lowest BCUT2D eigenvalue weighted by Gasteiger charge is -2.04. The summed E-state index contributed by atoms with van der Waals surface area (Å²) in [5, 5.41) is 4.79. The molecule has 0 aliphatic carbocycles. The van der Waals surface area contributed by atoms with Crippen LogP contribution >= 0.6 is 11.6 Å². The van der Waals surface area contributed by atoms with Crippen molar-refractivity contribution in [3.05, 3.63) is 108 Å². The summed E-state index contributed by atoms with van der Waals surface area (Å²) in [6.45, 7) is 0. The number of imidazole rings is 1. The molecule has 5 nitrogen and oxygen atoms in total. The summed E-state index contributed by atoms with van der Waals surface area (Å²) in [4.78, 5) is 22.2. The number of allylic oxidation sites excluding steroid dienone is 1. The summed E-state index contributed by atoms with van der Waals surface area (Å²) in [6.07, 6.45) is 6.71. The Bertz CT molecular complexity index is 1440. The number of anilines is 1. The summed E-state index contributed by atoms with van der Waals surface area (Å²) in [5.74, 6) is -0.162. The molecular formula is C25H17ClN4O. The average Bonchev–Trinajstić information content (AvgIpc) is 3.19. The van der Waals surface area contributed by atoms with Crippen LogP contribution < -0.4 is 5.32 Å². The number of nitrogens with one attached hydrogen (secondary N) is 1. The lowest BCUT2D eigenvalue weighted by molar-refractivity contribution is 0.104. The van der Waals surface area contributed by atoms with E-state index in [1.165, 1.54) is 6.08 Å². The molecule has 0 atom stereocenters. The minimum absolute atomic E-state index is 0.162. The number of hydrogen-bond donors (Lipinski definition) is 1. The van der Waals surface area contributed by atoms with E-state index < -0.39 is 0 Å². The molecule has 0 unspecified atom stereocenters. The zero-order valence-corrected chi connectivity index (χ0v) is 17.1. The minimum atomic E-state index is -0.162. The number of halogens is 1. The van der Waals surface area contributed by atoms with E-state index >= 15 is 0 Å². The molecule has 150 valence electrons. The predicted octanol–water partition coefficient (Wildman–Crippen LogP) is 6.01. The van der Waals surface area contributed by atoms with Crippen molar-refractivity contribution in [3.63, 3.8) is 0 Å². The summed E-state index contributed by atoms with van der Waals surface area (Å²) in [6, 6.07) is 22.8. The molecule has 0 amide bonds.